The van der Waals surface area contributed by atoms with Crippen LogP contribution < -0.4 is 4.90 Å². The van der Waals surface area contributed by atoms with Gasteiger partial charge in [-0.2, -0.15) is 0 Å². The number of aliphatic imine (C=N–C) groups is 1. The SMILES string of the molecule is CO[C@@H]1CCN(c2cccc3c2CCN=C3)C1. The van der Waals surface area contributed by atoms with Crippen LogP contribution in [0.1, 0.15) is 17.5 Å². The predicted octanol–water partition coefficient (Wildman–Crippen LogP) is 1.89. The summed E-state index contributed by atoms with van der Waals surface area (Å²) in [4.78, 5) is 6.80. The zero-order valence-electron chi connectivity index (χ0n) is 10.2. The van der Waals surface area contributed by atoms with E-state index in [1.807, 2.05) is 6.21 Å². The summed E-state index contributed by atoms with van der Waals surface area (Å²) in [6.45, 7) is 3.04. The molecular formula is C14H18N2O. The summed E-state index contributed by atoms with van der Waals surface area (Å²) in [5.41, 5.74) is 4.13. The maximum atomic E-state index is 5.44. The first-order chi connectivity index (χ1) is 8.38. The predicted molar refractivity (Wildman–Crippen MR) is 70.2 cm³/mol. The van der Waals surface area contributed by atoms with Crippen LogP contribution in [0.5, 0.6) is 0 Å². The van der Waals surface area contributed by atoms with Gasteiger partial charge >= 0.3 is 0 Å². The molecule has 3 rings (SSSR count). The van der Waals surface area contributed by atoms with Crippen molar-refractivity contribution in [3.8, 4) is 0 Å². The number of fused-ring (bicyclic) bond motifs is 1. The van der Waals surface area contributed by atoms with E-state index in [2.05, 4.69) is 28.1 Å². The van der Waals surface area contributed by atoms with Crippen molar-refractivity contribution in [3.05, 3.63) is 29.3 Å². The average Bonchev–Trinajstić information content (AvgIpc) is 2.87. The Morgan fingerprint density at radius 3 is 3.18 bits per heavy atom. The molecule has 1 fully saturated rings. The van der Waals surface area contributed by atoms with Gasteiger partial charge in [0.05, 0.1) is 6.10 Å². The maximum Gasteiger partial charge on any atom is 0.0762 e. The van der Waals surface area contributed by atoms with Gasteiger partial charge in [0.2, 0.25) is 0 Å². The lowest BCUT2D eigenvalue weighted by Gasteiger charge is -2.24. The van der Waals surface area contributed by atoms with E-state index in [1.54, 1.807) is 7.11 Å². The second kappa shape index (κ2) is 4.49. The quantitative estimate of drug-likeness (QED) is 0.775. The number of hydrogen-bond acceptors (Lipinski definition) is 3. The molecule has 2 aliphatic rings. The minimum absolute atomic E-state index is 0.392. The number of anilines is 1. The van der Waals surface area contributed by atoms with Crippen LogP contribution in [0.4, 0.5) is 5.69 Å². The van der Waals surface area contributed by atoms with Crippen LogP contribution in [0.25, 0.3) is 0 Å². The normalized spacial score (nSPS) is 22.9. The molecule has 90 valence electrons. The van der Waals surface area contributed by atoms with Gasteiger partial charge in [-0.25, -0.2) is 0 Å². The van der Waals surface area contributed by atoms with Gasteiger partial charge < -0.3 is 9.64 Å². The number of hydrogen-bond donors (Lipinski definition) is 0. The highest BCUT2D eigenvalue weighted by molar-refractivity contribution is 5.86. The molecule has 3 nitrogen and oxygen atoms in total. The van der Waals surface area contributed by atoms with Crippen molar-refractivity contribution in [1.82, 2.24) is 0 Å². The minimum atomic E-state index is 0.392. The summed E-state index contributed by atoms with van der Waals surface area (Å²) in [7, 11) is 1.81. The molecular weight excluding hydrogens is 212 g/mol. The van der Waals surface area contributed by atoms with Gasteiger partial charge in [0.15, 0.2) is 0 Å². The fourth-order valence-electron chi connectivity index (χ4n) is 2.76. The summed E-state index contributed by atoms with van der Waals surface area (Å²) >= 11 is 0. The lowest BCUT2D eigenvalue weighted by atomic mass is 10.0. The highest BCUT2D eigenvalue weighted by Crippen LogP contribution is 2.29. The van der Waals surface area contributed by atoms with Crippen LogP contribution in [-0.2, 0) is 11.2 Å². The van der Waals surface area contributed by atoms with E-state index in [9.17, 15) is 0 Å². The first-order valence-electron chi connectivity index (χ1n) is 6.28. The number of ether oxygens (including phenoxy) is 1. The first-order valence-corrected chi connectivity index (χ1v) is 6.28. The lowest BCUT2D eigenvalue weighted by molar-refractivity contribution is 0.121. The number of methoxy groups -OCH3 is 1. The largest absolute Gasteiger partial charge is 0.380 e. The van der Waals surface area contributed by atoms with Gasteiger partial charge in [-0.3, -0.25) is 4.99 Å². The third-order valence-electron chi connectivity index (χ3n) is 3.73. The molecule has 0 unspecified atom stereocenters. The van der Waals surface area contributed by atoms with E-state index in [-0.39, 0.29) is 0 Å². The molecule has 1 atom stereocenters. The molecule has 17 heavy (non-hydrogen) atoms. The highest BCUT2D eigenvalue weighted by Gasteiger charge is 2.24. The van der Waals surface area contributed by atoms with E-state index in [4.69, 9.17) is 4.74 Å². The molecule has 0 saturated carbocycles. The monoisotopic (exact) mass is 230 g/mol. The van der Waals surface area contributed by atoms with Gasteiger partial charge in [0.1, 0.15) is 0 Å². The Morgan fingerprint density at radius 1 is 1.41 bits per heavy atom. The van der Waals surface area contributed by atoms with Crippen molar-refractivity contribution in [2.45, 2.75) is 18.9 Å². The fraction of sp³-hybridized carbons (Fsp3) is 0.500. The molecule has 0 aliphatic carbocycles. The lowest BCUT2D eigenvalue weighted by Crippen LogP contribution is -2.24. The third kappa shape index (κ3) is 1.95. The highest BCUT2D eigenvalue weighted by atomic mass is 16.5. The minimum Gasteiger partial charge on any atom is -0.380 e. The van der Waals surface area contributed by atoms with Crippen molar-refractivity contribution < 1.29 is 4.74 Å². The second-order valence-electron chi connectivity index (χ2n) is 4.72. The summed E-state index contributed by atoms with van der Waals surface area (Å²) < 4.78 is 5.44. The Labute approximate surface area is 102 Å². The van der Waals surface area contributed by atoms with E-state index in [1.165, 1.54) is 16.8 Å². The second-order valence-corrected chi connectivity index (χ2v) is 4.72. The van der Waals surface area contributed by atoms with Crippen LogP contribution in [0.3, 0.4) is 0 Å². The Hall–Kier alpha value is -1.35. The smallest absolute Gasteiger partial charge is 0.0762 e. The average molecular weight is 230 g/mol. The molecule has 1 aromatic rings. The molecule has 1 saturated heterocycles. The van der Waals surface area contributed by atoms with Crippen LogP contribution in [0, 0.1) is 0 Å². The van der Waals surface area contributed by atoms with E-state index in [0.29, 0.717) is 6.10 Å². The Kier molecular flexibility index (Phi) is 2.85. The molecule has 0 amide bonds. The summed E-state index contributed by atoms with van der Waals surface area (Å²) in [5, 5.41) is 0. The third-order valence-corrected chi connectivity index (χ3v) is 3.73. The Morgan fingerprint density at radius 2 is 2.35 bits per heavy atom. The van der Waals surface area contributed by atoms with Gasteiger partial charge in [-0.15, -0.1) is 0 Å². The Balaban J connectivity index is 1.91. The summed E-state index contributed by atoms with van der Waals surface area (Å²) in [6, 6.07) is 6.52. The molecule has 0 N–H and O–H groups in total. The maximum absolute atomic E-state index is 5.44. The van der Waals surface area contributed by atoms with Crippen LogP contribution in [0.15, 0.2) is 23.2 Å². The van der Waals surface area contributed by atoms with Crippen molar-refractivity contribution >= 4 is 11.9 Å². The van der Waals surface area contributed by atoms with Gasteiger partial charge in [-0.05, 0) is 30.0 Å². The van der Waals surface area contributed by atoms with E-state index >= 15 is 0 Å². The molecule has 0 spiro atoms. The van der Waals surface area contributed by atoms with Gasteiger partial charge in [0, 0.05) is 38.6 Å². The zero-order chi connectivity index (χ0) is 11.7. The van der Waals surface area contributed by atoms with Gasteiger partial charge in [-0.1, -0.05) is 12.1 Å². The number of nitrogens with zero attached hydrogens (tertiary/aromatic N) is 2. The molecule has 0 bridgehead atoms. The molecule has 0 aromatic heterocycles. The molecule has 0 radical (unpaired) electrons. The zero-order valence-corrected chi connectivity index (χ0v) is 10.2. The standard InChI is InChI=1S/C14H18N2O/c1-17-12-6-8-16(10-12)14-4-2-3-11-9-15-7-5-13(11)14/h2-4,9,12H,5-8,10H2,1H3/t12-/m1/s1. The van der Waals surface area contributed by atoms with Gasteiger partial charge in [0.25, 0.3) is 0 Å². The van der Waals surface area contributed by atoms with Crippen molar-refractivity contribution in [3.63, 3.8) is 0 Å². The fourth-order valence-corrected chi connectivity index (χ4v) is 2.76. The summed E-state index contributed by atoms with van der Waals surface area (Å²) in [5.74, 6) is 0. The Bertz CT molecular complexity index is 442. The molecule has 1 aromatic carbocycles. The topological polar surface area (TPSA) is 24.8 Å². The van der Waals surface area contributed by atoms with E-state index < -0.39 is 0 Å². The molecule has 2 heterocycles. The summed E-state index contributed by atoms with van der Waals surface area (Å²) in [6.07, 6.45) is 4.60. The van der Waals surface area contributed by atoms with E-state index in [0.717, 1.165) is 32.5 Å². The van der Waals surface area contributed by atoms with Crippen molar-refractivity contribution in [2.75, 3.05) is 31.6 Å². The van der Waals surface area contributed by atoms with Crippen LogP contribution in [0.2, 0.25) is 0 Å². The van der Waals surface area contributed by atoms with Crippen LogP contribution in [-0.4, -0.2) is 39.1 Å². The van der Waals surface area contributed by atoms with Crippen molar-refractivity contribution in [2.24, 2.45) is 4.99 Å². The molecule has 3 heteroatoms. The molecule has 2 aliphatic heterocycles. The number of benzene rings is 1. The van der Waals surface area contributed by atoms with Crippen molar-refractivity contribution in [1.29, 1.82) is 0 Å². The number of rotatable bonds is 2. The van der Waals surface area contributed by atoms with Crippen LogP contribution >= 0.6 is 0 Å². The first kappa shape index (κ1) is 10.8.